The highest BCUT2D eigenvalue weighted by Gasteiger charge is 2.05. The summed E-state index contributed by atoms with van der Waals surface area (Å²) >= 11 is 4.99. The zero-order valence-electron chi connectivity index (χ0n) is 12.6. The van der Waals surface area contributed by atoms with Crippen LogP contribution in [0.4, 0.5) is 0 Å². The Kier molecular flexibility index (Phi) is 6.21. The minimum absolute atomic E-state index is 0.664. The fourth-order valence-electron chi connectivity index (χ4n) is 1.85. The van der Waals surface area contributed by atoms with E-state index in [1.165, 1.54) is 11.1 Å². The van der Waals surface area contributed by atoms with Gasteiger partial charge in [0.05, 0.1) is 0 Å². The smallest absolute Gasteiger partial charge is 0.105 e. The molecule has 0 unspecified atom stereocenters. The van der Waals surface area contributed by atoms with E-state index in [-0.39, 0.29) is 0 Å². The van der Waals surface area contributed by atoms with Gasteiger partial charge in [-0.3, -0.25) is 0 Å². The Labute approximate surface area is 139 Å². The first-order valence-corrected chi connectivity index (χ1v) is 8.61. The van der Waals surface area contributed by atoms with Gasteiger partial charge in [0.1, 0.15) is 10.1 Å². The molecular formula is C16H20BrN3S. The SMILES string of the molecule is Cc1cc(CNCC(C)C)cnc1Sc1ccc(Br)cn1. The van der Waals surface area contributed by atoms with Gasteiger partial charge in [0.15, 0.2) is 0 Å². The number of hydrogen-bond donors (Lipinski definition) is 1. The predicted molar refractivity (Wildman–Crippen MR) is 91.6 cm³/mol. The third-order valence-electron chi connectivity index (χ3n) is 2.87. The lowest BCUT2D eigenvalue weighted by Crippen LogP contribution is -2.19. The number of aryl methyl sites for hydroxylation is 1. The van der Waals surface area contributed by atoms with Crippen LogP contribution < -0.4 is 5.32 Å². The highest BCUT2D eigenvalue weighted by Crippen LogP contribution is 2.27. The van der Waals surface area contributed by atoms with Crippen LogP contribution in [0.5, 0.6) is 0 Å². The van der Waals surface area contributed by atoms with Gasteiger partial charge in [0, 0.05) is 23.4 Å². The van der Waals surface area contributed by atoms with Crippen LogP contribution in [0.25, 0.3) is 0 Å². The third kappa shape index (κ3) is 5.41. The lowest BCUT2D eigenvalue weighted by atomic mass is 10.2. The molecule has 2 rings (SSSR count). The molecule has 0 fully saturated rings. The molecule has 21 heavy (non-hydrogen) atoms. The molecule has 0 saturated heterocycles. The highest BCUT2D eigenvalue weighted by molar-refractivity contribution is 9.10. The van der Waals surface area contributed by atoms with Crippen LogP contribution in [0.2, 0.25) is 0 Å². The van der Waals surface area contributed by atoms with Gasteiger partial charge < -0.3 is 5.32 Å². The summed E-state index contributed by atoms with van der Waals surface area (Å²) < 4.78 is 0.989. The lowest BCUT2D eigenvalue weighted by Gasteiger charge is -2.09. The summed E-state index contributed by atoms with van der Waals surface area (Å²) in [7, 11) is 0. The molecule has 0 radical (unpaired) electrons. The number of pyridine rings is 2. The second-order valence-electron chi connectivity index (χ2n) is 5.41. The monoisotopic (exact) mass is 365 g/mol. The Hall–Kier alpha value is -0.910. The maximum absolute atomic E-state index is 4.56. The summed E-state index contributed by atoms with van der Waals surface area (Å²) in [6, 6.07) is 6.18. The molecule has 0 aliphatic heterocycles. The van der Waals surface area contributed by atoms with Crippen LogP contribution in [0.3, 0.4) is 0 Å². The van der Waals surface area contributed by atoms with Gasteiger partial charge in [-0.15, -0.1) is 0 Å². The van der Waals surface area contributed by atoms with Crippen molar-refractivity contribution in [2.24, 2.45) is 5.92 Å². The second-order valence-corrected chi connectivity index (χ2v) is 7.33. The fourth-order valence-corrected chi connectivity index (χ4v) is 2.85. The minimum atomic E-state index is 0.664. The van der Waals surface area contributed by atoms with Crippen molar-refractivity contribution in [2.45, 2.75) is 37.4 Å². The molecule has 0 aliphatic rings. The number of halogens is 1. The van der Waals surface area contributed by atoms with E-state index in [0.29, 0.717) is 5.92 Å². The van der Waals surface area contributed by atoms with Crippen molar-refractivity contribution < 1.29 is 0 Å². The van der Waals surface area contributed by atoms with Crippen LogP contribution in [-0.2, 0) is 6.54 Å². The molecule has 0 bridgehead atoms. The molecule has 1 N–H and O–H groups in total. The number of nitrogens with zero attached hydrogens (tertiary/aromatic N) is 2. The van der Waals surface area contributed by atoms with Gasteiger partial charge in [-0.05, 0) is 70.3 Å². The molecule has 112 valence electrons. The number of rotatable bonds is 6. The minimum Gasteiger partial charge on any atom is -0.312 e. The van der Waals surface area contributed by atoms with Crippen molar-refractivity contribution in [3.8, 4) is 0 Å². The Morgan fingerprint density at radius 2 is 2.05 bits per heavy atom. The van der Waals surface area contributed by atoms with E-state index in [1.807, 2.05) is 24.5 Å². The summed E-state index contributed by atoms with van der Waals surface area (Å²) in [4.78, 5) is 8.93. The van der Waals surface area contributed by atoms with E-state index < -0.39 is 0 Å². The standard InChI is InChI=1S/C16H20BrN3S/c1-11(2)7-18-8-13-6-12(3)16(20-9-13)21-15-5-4-14(17)10-19-15/h4-6,9-11,18H,7-8H2,1-3H3. The van der Waals surface area contributed by atoms with Crippen molar-refractivity contribution in [1.82, 2.24) is 15.3 Å². The largest absolute Gasteiger partial charge is 0.312 e. The number of hydrogen-bond acceptors (Lipinski definition) is 4. The Morgan fingerprint density at radius 3 is 2.67 bits per heavy atom. The molecule has 0 aromatic carbocycles. The van der Waals surface area contributed by atoms with Crippen molar-refractivity contribution in [3.05, 3.63) is 46.2 Å². The van der Waals surface area contributed by atoms with E-state index >= 15 is 0 Å². The molecule has 0 aliphatic carbocycles. The van der Waals surface area contributed by atoms with Gasteiger partial charge in [0.2, 0.25) is 0 Å². The van der Waals surface area contributed by atoms with Crippen LogP contribution in [0.1, 0.15) is 25.0 Å². The van der Waals surface area contributed by atoms with E-state index in [0.717, 1.165) is 27.6 Å². The highest BCUT2D eigenvalue weighted by atomic mass is 79.9. The van der Waals surface area contributed by atoms with Crippen molar-refractivity contribution in [2.75, 3.05) is 6.54 Å². The average molecular weight is 366 g/mol. The van der Waals surface area contributed by atoms with Gasteiger partial charge in [-0.2, -0.15) is 0 Å². The van der Waals surface area contributed by atoms with Crippen molar-refractivity contribution in [3.63, 3.8) is 0 Å². The Balaban J connectivity index is 2.00. The van der Waals surface area contributed by atoms with Gasteiger partial charge in [-0.25, -0.2) is 9.97 Å². The van der Waals surface area contributed by atoms with E-state index in [9.17, 15) is 0 Å². The Bertz CT molecular complexity index is 585. The average Bonchev–Trinajstić information content (AvgIpc) is 2.44. The van der Waals surface area contributed by atoms with Crippen LogP contribution >= 0.6 is 27.7 Å². The first-order valence-electron chi connectivity index (χ1n) is 7.00. The fraction of sp³-hybridized carbons (Fsp3) is 0.375. The quantitative estimate of drug-likeness (QED) is 0.820. The number of nitrogens with one attached hydrogen (secondary N) is 1. The first kappa shape index (κ1) is 16.5. The molecule has 5 heteroatoms. The topological polar surface area (TPSA) is 37.8 Å². The molecular weight excluding hydrogens is 346 g/mol. The lowest BCUT2D eigenvalue weighted by molar-refractivity contribution is 0.551. The number of aromatic nitrogens is 2. The van der Waals surface area contributed by atoms with Crippen LogP contribution in [0.15, 0.2) is 45.1 Å². The summed E-state index contributed by atoms with van der Waals surface area (Å²) in [5, 5.41) is 5.41. The summed E-state index contributed by atoms with van der Waals surface area (Å²) in [5.41, 5.74) is 2.41. The zero-order chi connectivity index (χ0) is 15.2. The maximum Gasteiger partial charge on any atom is 0.105 e. The second kappa shape index (κ2) is 7.92. The normalized spacial score (nSPS) is 11.1. The van der Waals surface area contributed by atoms with Crippen LogP contribution in [-0.4, -0.2) is 16.5 Å². The Morgan fingerprint density at radius 1 is 1.24 bits per heavy atom. The van der Waals surface area contributed by atoms with E-state index in [1.54, 1.807) is 11.8 Å². The van der Waals surface area contributed by atoms with Crippen molar-refractivity contribution >= 4 is 27.7 Å². The molecule has 0 amide bonds. The van der Waals surface area contributed by atoms with E-state index in [2.05, 4.69) is 58.1 Å². The van der Waals surface area contributed by atoms with Crippen LogP contribution in [0, 0.1) is 12.8 Å². The van der Waals surface area contributed by atoms with E-state index in [4.69, 9.17) is 0 Å². The molecule has 0 spiro atoms. The molecule has 3 nitrogen and oxygen atoms in total. The summed E-state index contributed by atoms with van der Waals surface area (Å²) in [6.45, 7) is 8.41. The summed E-state index contributed by atoms with van der Waals surface area (Å²) in [6.07, 6.45) is 3.75. The van der Waals surface area contributed by atoms with Gasteiger partial charge in [-0.1, -0.05) is 19.9 Å². The van der Waals surface area contributed by atoms with Crippen molar-refractivity contribution in [1.29, 1.82) is 0 Å². The molecule has 2 aromatic heterocycles. The van der Waals surface area contributed by atoms with Gasteiger partial charge in [0.25, 0.3) is 0 Å². The first-order chi connectivity index (χ1) is 10.0. The molecule has 0 atom stereocenters. The summed E-state index contributed by atoms with van der Waals surface area (Å²) in [5.74, 6) is 0.664. The zero-order valence-corrected chi connectivity index (χ0v) is 15.0. The predicted octanol–water partition coefficient (Wildman–Crippen LogP) is 4.44. The molecule has 2 aromatic rings. The maximum atomic E-state index is 4.56. The molecule has 0 saturated carbocycles. The van der Waals surface area contributed by atoms with Gasteiger partial charge >= 0.3 is 0 Å². The molecule has 2 heterocycles. The third-order valence-corrected chi connectivity index (χ3v) is 4.41.